The van der Waals surface area contributed by atoms with Crippen LogP contribution in [0.25, 0.3) is 0 Å². The molecule has 1 fully saturated rings. The summed E-state index contributed by atoms with van der Waals surface area (Å²) < 4.78 is 32.5. The van der Waals surface area contributed by atoms with E-state index in [1.54, 1.807) is 7.11 Å². The number of halogens is 2. The van der Waals surface area contributed by atoms with Crippen LogP contribution in [0.5, 0.6) is 0 Å². The first-order valence-corrected chi connectivity index (χ1v) is 6.55. The van der Waals surface area contributed by atoms with E-state index in [0.29, 0.717) is 19.1 Å². The molecule has 3 nitrogen and oxygen atoms in total. The lowest BCUT2D eigenvalue weighted by atomic mass is 10.1. The molecule has 106 valence electrons. The molecule has 0 aromatic heterocycles. The van der Waals surface area contributed by atoms with E-state index < -0.39 is 11.6 Å². The highest BCUT2D eigenvalue weighted by Gasteiger charge is 2.34. The monoisotopic (exact) mass is 270 g/mol. The molecule has 0 heterocycles. The maximum absolute atomic E-state index is 14.0. The lowest BCUT2D eigenvalue weighted by molar-refractivity contribution is 0.202. The first kappa shape index (κ1) is 14.1. The van der Waals surface area contributed by atoms with Crippen molar-refractivity contribution in [2.75, 3.05) is 30.9 Å². The van der Waals surface area contributed by atoms with Crippen molar-refractivity contribution in [2.24, 2.45) is 5.92 Å². The number of methoxy groups -OCH3 is 1. The van der Waals surface area contributed by atoms with Crippen LogP contribution >= 0.6 is 0 Å². The van der Waals surface area contributed by atoms with Crippen molar-refractivity contribution in [1.82, 2.24) is 0 Å². The summed E-state index contributed by atoms with van der Waals surface area (Å²) >= 11 is 0. The van der Waals surface area contributed by atoms with E-state index in [2.05, 4.69) is 0 Å². The average Bonchev–Trinajstić information content (AvgIpc) is 3.21. The zero-order valence-corrected chi connectivity index (χ0v) is 11.3. The SMILES string of the molecule is COCCN(c1c(N)ccc(F)c1F)C(C)C1CC1. The summed E-state index contributed by atoms with van der Waals surface area (Å²) in [6.07, 6.45) is 2.25. The van der Waals surface area contributed by atoms with Crippen molar-refractivity contribution in [3.8, 4) is 0 Å². The molecule has 1 saturated carbocycles. The maximum atomic E-state index is 14.0. The van der Waals surface area contributed by atoms with E-state index in [1.807, 2.05) is 11.8 Å². The van der Waals surface area contributed by atoms with Crippen molar-refractivity contribution in [1.29, 1.82) is 0 Å². The molecule has 19 heavy (non-hydrogen) atoms. The molecule has 0 spiro atoms. The summed E-state index contributed by atoms with van der Waals surface area (Å²) in [4.78, 5) is 1.83. The maximum Gasteiger partial charge on any atom is 0.184 e. The Balaban J connectivity index is 2.33. The van der Waals surface area contributed by atoms with Gasteiger partial charge in [-0.15, -0.1) is 0 Å². The minimum atomic E-state index is -0.872. The number of ether oxygens (including phenoxy) is 1. The predicted molar refractivity (Wildman–Crippen MR) is 72.2 cm³/mol. The number of benzene rings is 1. The van der Waals surface area contributed by atoms with Gasteiger partial charge in [-0.1, -0.05) is 0 Å². The fraction of sp³-hybridized carbons (Fsp3) is 0.571. The van der Waals surface area contributed by atoms with E-state index in [0.717, 1.165) is 18.9 Å². The highest BCUT2D eigenvalue weighted by molar-refractivity contribution is 5.69. The molecule has 1 unspecified atom stereocenters. The summed E-state index contributed by atoms with van der Waals surface area (Å²) in [5.41, 5.74) is 6.26. The van der Waals surface area contributed by atoms with E-state index in [1.165, 1.54) is 6.07 Å². The van der Waals surface area contributed by atoms with Crippen LogP contribution in [-0.2, 0) is 4.74 Å². The van der Waals surface area contributed by atoms with Gasteiger partial charge in [-0.3, -0.25) is 0 Å². The number of nitrogen functional groups attached to an aromatic ring is 1. The Morgan fingerprint density at radius 2 is 2.11 bits per heavy atom. The first-order valence-electron chi connectivity index (χ1n) is 6.55. The van der Waals surface area contributed by atoms with Gasteiger partial charge in [-0.25, -0.2) is 8.78 Å². The zero-order valence-electron chi connectivity index (χ0n) is 11.3. The fourth-order valence-corrected chi connectivity index (χ4v) is 2.39. The zero-order chi connectivity index (χ0) is 14.0. The Labute approximate surface area is 112 Å². The van der Waals surface area contributed by atoms with Crippen LogP contribution in [0, 0.1) is 17.6 Å². The third kappa shape index (κ3) is 2.97. The number of hydrogen-bond donors (Lipinski definition) is 1. The summed E-state index contributed by atoms with van der Waals surface area (Å²) in [6.45, 7) is 2.97. The third-order valence-corrected chi connectivity index (χ3v) is 3.72. The van der Waals surface area contributed by atoms with Gasteiger partial charge in [0.1, 0.15) is 0 Å². The Morgan fingerprint density at radius 3 is 2.68 bits per heavy atom. The molecular formula is C14H20F2N2O. The van der Waals surface area contributed by atoms with Crippen molar-refractivity contribution < 1.29 is 13.5 Å². The lowest BCUT2D eigenvalue weighted by Crippen LogP contribution is -2.38. The van der Waals surface area contributed by atoms with Gasteiger partial charge in [-0.05, 0) is 37.8 Å². The van der Waals surface area contributed by atoms with E-state index >= 15 is 0 Å². The van der Waals surface area contributed by atoms with Crippen LogP contribution in [0.4, 0.5) is 20.2 Å². The molecule has 2 N–H and O–H groups in total. The molecule has 1 atom stereocenters. The molecule has 1 aromatic carbocycles. The second-order valence-corrected chi connectivity index (χ2v) is 5.06. The van der Waals surface area contributed by atoms with Gasteiger partial charge in [-0.2, -0.15) is 0 Å². The van der Waals surface area contributed by atoms with Crippen LogP contribution < -0.4 is 10.6 Å². The van der Waals surface area contributed by atoms with Crippen LogP contribution in [0.1, 0.15) is 19.8 Å². The highest BCUT2D eigenvalue weighted by Crippen LogP contribution is 2.39. The van der Waals surface area contributed by atoms with Crippen molar-refractivity contribution >= 4 is 11.4 Å². The first-order chi connectivity index (χ1) is 9.06. The summed E-state index contributed by atoms with van der Waals surface area (Å²) in [5, 5.41) is 0. The number of nitrogens with two attached hydrogens (primary N) is 1. The van der Waals surface area contributed by atoms with Gasteiger partial charge in [0.05, 0.1) is 18.0 Å². The van der Waals surface area contributed by atoms with Crippen LogP contribution in [0.2, 0.25) is 0 Å². The highest BCUT2D eigenvalue weighted by atomic mass is 19.2. The Morgan fingerprint density at radius 1 is 1.42 bits per heavy atom. The number of rotatable bonds is 6. The molecule has 0 bridgehead atoms. The standard InChI is InChI=1S/C14H20F2N2O/c1-9(10-3-4-10)18(7-8-19-2)14-12(17)6-5-11(15)13(14)16/h5-6,9-10H,3-4,7-8,17H2,1-2H3. The van der Waals surface area contributed by atoms with E-state index in [-0.39, 0.29) is 17.4 Å². The van der Waals surface area contributed by atoms with Gasteiger partial charge < -0.3 is 15.4 Å². The largest absolute Gasteiger partial charge is 0.397 e. The summed E-state index contributed by atoms with van der Waals surface area (Å²) in [7, 11) is 1.59. The van der Waals surface area contributed by atoms with Gasteiger partial charge in [0, 0.05) is 19.7 Å². The van der Waals surface area contributed by atoms with E-state index in [9.17, 15) is 8.78 Å². The summed E-state index contributed by atoms with van der Waals surface area (Å²) in [6, 6.07) is 2.60. The number of anilines is 2. The van der Waals surface area contributed by atoms with Crippen LogP contribution in [-0.4, -0.2) is 26.3 Å². The molecule has 0 aliphatic heterocycles. The number of nitrogens with zero attached hydrogens (tertiary/aromatic N) is 1. The van der Waals surface area contributed by atoms with Crippen molar-refractivity contribution in [3.63, 3.8) is 0 Å². The Hall–Kier alpha value is -1.36. The second kappa shape index (κ2) is 5.74. The minimum absolute atomic E-state index is 0.133. The molecule has 5 heteroatoms. The molecule has 0 saturated heterocycles. The quantitative estimate of drug-likeness (QED) is 0.808. The second-order valence-electron chi connectivity index (χ2n) is 5.06. The Kier molecular flexibility index (Phi) is 4.24. The molecule has 2 rings (SSSR count). The predicted octanol–water partition coefficient (Wildman–Crippen LogP) is 2.80. The molecule has 1 aliphatic rings. The van der Waals surface area contributed by atoms with Crippen molar-refractivity contribution in [2.45, 2.75) is 25.8 Å². The van der Waals surface area contributed by atoms with Gasteiger partial charge in [0.2, 0.25) is 0 Å². The third-order valence-electron chi connectivity index (χ3n) is 3.72. The van der Waals surface area contributed by atoms with Crippen LogP contribution in [0.3, 0.4) is 0 Å². The lowest BCUT2D eigenvalue weighted by Gasteiger charge is -2.32. The summed E-state index contributed by atoms with van der Waals surface area (Å²) in [5.74, 6) is -1.21. The van der Waals surface area contributed by atoms with Gasteiger partial charge >= 0.3 is 0 Å². The van der Waals surface area contributed by atoms with Gasteiger partial charge in [0.15, 0.2) is 11.6 Å². The number of hydrogen-bond acceptors (Lipinski definition) is 3. The molecule has 0 radical (unpaired) electrons. The van der Waals surface area contributed by atoms with Crippen LogP contribution in [0.15, 0.2) is 12.1 Å². The topological polar surface area (TPSA) is 38.5 Å². The Bertz CT molecular complexity index is 449. The molecule has 1 aromatic rings. The van der Waals surface area contributed by atoms with Crippen molar-refractivity contribution in [3.05, 3.63) is 23.8 Å². The molecule has 1 aliphatic carbocycles. The smallest absolute Gasteiger partial charge is 0.184 e. The normalized spacial score (nSPS) is 16.4. The van der Waals surface area contributed by atoms with E-state index in [4.69, 9.17) is 10.5 Å². The molecular weight excluding hydrogens is 250 g/mol. The van der Waals surface area contributed by atoms with Gasteiger partial charge in [0.25, 0.3) is 0 Å². The minimum Gasteiger partial charge on any atom is -0.397 e. The fourth-order valence-electron chi connectivity index (χ4n) is 2.39. The average molecular weight is 270 g/mol. The molecule has 0 amide bonds.